The molecule has 3 rings (SSSR count). The maximum absolute atomic E-state index is 12.2. The lowest BCUT2D eigenvalue weighted by molar-refractivity contribution is 0.171. The number of benzene rings is 2. The number of sulfonamides is 1. The van der Waals surface area contributed by atoms with E-state index in [-0.39, 0.29) is 10.6 Å². The van der Waals surface area contributed by atoms with Crippen molar-refractivity contribution >= 4 is 15.7 Å². The molecule has 0 radical (unpaired) electrons. The monoisotopic (exact) mass is 307 g/mol. The summed E-state index contributed by atoms with van der Waals surface area (Å²) in [7, 11) is -3.87. The van der Waals surface area contributed by atoms with Crippen molar-refractivity contribution in [2.75, 3.05) is 17.9 Å². The van der Waals surface area contributed by atoms with Crippen LogP contribution in [0.2, 0.25) is 0 Å². The Hall–Kier alpha value is -2.41. The number of para-hydroxylation sites is 1. The van der Waals surface area contributed by atoms with Gasteiger partial charge in [-0.3, -0.25) is 4.72 Å². The van der Waals surface area contributed by atoms with E-state index in [1.807, 2.05) is 0 Å². The molecule has 0 fully saturated rings. The smallest absolute Gasteiger partial charge is 0.265 e. The molecule has 0 spiro atoms. The molecule has 0 atom stereocenters. The van der Waals surface area contributed by atoms with Crippen molar-refractivity contribution in [1.82, 2.24) is 0 Å². The van der Waals surface area contributed by atoms with E-state index in [1.165, 1.54) is 18.2 Å². The second kappa shape index (κ2) is 5.17. The molecule has 110 valence electrons. The molecule has 0 unspecified atom stereocenters. The minimum absolute atomic E-state index is 0.181. The first-order valence-electron chi connectivity index (χ1n) is 6.27. The topological polar surface area (TPSA) is 84.9 Å². The molecule has 0 bridgehead atoms. The van der Waals surface area contributed by atoms with Crippen molar-refractivity contribution in [3.8, 4) is 17.2 Å². The zero-order chi connectivity index (χ0) is 14.9. The van der Waals surface area contributed by atoms with Crippen molar-refractivity contribution < 1.29 is 23.0 Å². The number of fused-ring (bicyclic) bond motifs is 1. The predicted octanol–water partition coefficient (Wildman–Crippen LogP) is 1.96. The molecule has 2 aromatic carbocycles. The lowest BCUT2D eigenvalue weighted by Crippen LogP contribution is -2.16. The van der Waals surface area contributed by atoms with Gasteiger partial charge in [-0.25, -0.2) is 8.42 Å². The highest BCUT2D eigenvalue weighted by Crippen LogP contribution is 2.33. The number of phenols is 1. The van der Waals surface area contributed by atoms with E-state index in [1.54, 1.807) is 24.3 Å². The Balaban J connectivity index is 1.91. The molecule has 1 aliphatic heterocycles. The number of aromatic hydroxyl groups is 1. The average molecular weight is 307 g/mol. The first-order chi connectivity index (χ1) is 10.1. The molecule has 0 aliphatic carbocycles. The first-order valence-corrected chi connectivity index (χ1v) is 7.75. The Kier molecular flexibility index (Phi) is 3.34. The zero-order valence-electron chi connectivity index (χ0n) is 10.9. The van der Waals surface area contributed by atoms with Gasteiger partial charge in [0.05, 0.1) is 5.69 Å². The number of ether oxygens (including phenoxy) is 2. The lowest BCUT2D eigenvalue weighted by atomic mass is 10.3. The SMILES string of the molecule is O=S(=O)(Nc1ccc2c(c1)OCCO2)c1ccccc1O. The summed E-state index contributed by atoms with van der Waals surface area (Å²) in [5.74, 6) is 0.757. The van der Waals surface area contributed by atoms with E-state index >= 15 is 0 Å². The summed E-state index contributed by atoms with van der Waals surface area (Å²) < 4.78 is 37.7. The molecule has 0 amide bonds. The summed E-state index contributed by atoms with van der Waals surface area (Å²) in [5.41, 5.74) is 0.336. The minimum atomic E-state index is -3.87. The van der Waals surface area contributed by atoms with Gasteiger partial charge in [-0.05, 0) is 24.3 Å². The van der Waals surface area contributed by atoms with Crippen molar-refractivity contribution in [2.45, 2.75) is 4.90 Å². The highest BCUT2D eigenvalue weighted by molar-refractivity contribution is 7.92. The van der Waals surface area contributed by atoms with E-state index in [2.05, 4.69) is 4.72 Å². The van der Waals surface area contributed by atoms with Gasteiger partial charge >= 0.3 is 0 Å². The molecule has 0 saturated carbocycles. The van der Waals surface area contributed by atoms with Gasteiger partial charge in [-0.15, -0.1) is 0 Å². The van der Waals surface area contributed by atoms with E-state index in [4.69, 9.17) is 9.47 Å². The molecule has 2 N–H and O–H groups in total. The molecular formula is C14H13NO5S. The number of hydrogen-bond donors (Lipinski definition) is 2. The molecule has 0 saturated heterocycles. The number of phenolic OH excluding ortho intramolecular Hbond substituents is 1. The third kappa shape index (κ3) is 2.73. The lowest BCUT2D eigenvalue weighted by Gasteiger charge is -2.19. The van der Waals surface area contributed by atoms with Crippen LogP contribution in [-0.2, 0) is 10.0 Å². The molecule has 21 heavy (non-hydrogen) atoms. The molecule has 1 aliphatic rings. The van der Waals surface area contributed by atoms with Gasteiger partial charge < -0.3 is 14.6 Å². The van der Waals surface area contributed by atoms with Gasteiger partial charge in [0.1, 0.15) is 23.9 Å². The van der Waals surface area contributed by atoms with Crippen LogP contribution in [0, 0.1) is 0 Å². The molecule has 2 aromatic rings. The third-order valence-electron chi connectivity index (χ3n) is 2.95. The first kappa shape index (κ1) is 13.6. The van der Waals surface area contributed by atoms with Crippen LogP contribution in [0.3, 0.4) is 0 Å². The minimum Gasteiger partial charge on any atom is -0.507 e. The van der Waals surface area contributed by atoms with Crippen LogP contribution in [-0.4, -0.2) is 26.7 Å². The highest BCUT2D eigenvalue weighted by atomic mass is 32.2. The van der Waals surface area contributed by atoms with Crippen LogP contribution in [0.15, 0.2) is 47.4 Å². The fraction of sp³-hybridized carbons (Fsp3) is 0.143. The number of anilines is 1. The van der Waals surface area contributed by atoms with Crippen LogP contribution in [0.25, 0.3) is 0 Å². The van der Waals surface area contributed by atoms with Gasteiger partial charge in [0, 0.05) is 6.07 Å². The Morgan fingerprint density at radius 2 is 1.71 bits per heavy atom. The van der Waals surface area contributed by atoms with Crippen LogP contribution in [0.4, 0.5) is 5.69 Å². The largest absolute Gasteiger partial charge is 0.507 e. The van der Waals surface area contributed by atoms with Gasteiger partial charge in [0.15, 0.2) is 11.5 Å². The van der Waals surface area contributed by atoms with Crippen LogP contribution < -0.4 is 14.2 Å². The molecular weight excluding hydrogens is 294 g/mol. The van der Waals surface area contributed by atoms with Crippen molar-refractivity contribution in [1.29, 1.82) is 0 Å². The Bertz CT molecular complexity index is 773. The van der Waals surface area contributed by atoms with Gasteiger partial charge in [0.25, 0.3) is 10.0 Å². The zero-order valence-corrected chi connectivity index (χ0v) is 11.8. The summed E-state index contributed by atoms with van der Waals surface area (Å²) in [6.45, 7) is 0.888. The molecule has 7 heteroatoms. The summed E-state index contributed by atoms with van der Waals surface area (Å²) in [6, 6.07) is 10.5. The van der Waals surface area contributed by atoms with Crippen LogP contribution in [0.5, 0.6) is 17.2 Å². The molecule has 6 nitrogen and oxygen atoms in total. The standard InChI is InChI=1S/C14H13NO5S/c16-11-3-1-2-4-14(11)21(17,18)15-10-5-6-12-13(9-10)20-8-7-19-12/h1-6,9,15-16H,7-8H2. The van der Waals surface area contributed by atoms with Gasteiger partial charge in [0.2, 0.25) is 0 Å². The van der Waals surface area contributed by atoms with Crippen molar-refractivity contribution in [3.63, 3.8) is 0 Å². The number of rotatable bonds is 3. The summed E-state index contributed by atoms with van der Waals surface area (Å²) in [5, 5.41) is 9.65. The maximum Gasteiger partial charge on any atom is 0.265 e. The Morgan fingerprint density at radius 1 is 1.00 bits per heavy atom. The fourth-order valence-corrected chi connectivity index (χ4v) is 3.15. The van der Waals surface area contributed by atoms with Gasteiger partial charge in [-0.1, -0.05) is 12.1 Å². The second-order valence-electron chi connectivity index (χ2n) is 4.43. The van der Waals surface area contributed by atoms with Crippen LogP contribution in [0.1, 0.15) is 0 Å². The molecule has 0 aromatic heterocycles. The van der Waals surface area contributed by atoms with Crippen molar-refractivity contribution in [3.05, 3.63) is 42.5 Å². The predicted molar refractivity (Wildman–Crippen MR) is 76.3 cm³/mol. The summed E-state index contributed by atoms with van der Waals surface area (Å²) in [6.07, 6.45) is 0. The van der Waals surface area contributed by atoms with Crippen LogP contribution >= 0.6 is 0 Å². The quantitative estimate of drug-likeness (QED) is 0.905. The number of hydrogen-bond acceptors (Lipinski definition) is 5. The highest BCUT2D eigenvalue weighted by Gasteiger charge is 2.19. The Labute approximate surface area is 122 Å². The Morgan fingerprint density at radius 3 is 2.48 bits per heavy atom. The molecule has 1 heterocycles. The normalized spacial score (nSPS) is 13.7. The summed E-state index contributed by atoms with van der Waals surface area (Å²) >= 11 is 0. The maximum atomic E-state index is 12.2. The van der Waals surface area contributed by atoms with E-state index in [0.29, 0.717) is 30.4 Å². The second-order valence-corrected chi connectivity index (χ2v) is 6.08. The average Bonchev–Trinajstić information content (AvgIpc) is 2.47. The number of nitrogens with one attached hydrogen (secondary N) is 1. The summed E-state index contributed by atoms with van der Waals surface area (Å²) in [4.78, 5) is -0.181. The van der Waals surface area contributed by atoms with E-state index < -0.39 is 10.0 Å². The van der Waals surface area contributed by atoms with E-state index in [9.17, 15) is 13.5 Å². The third-order valence-corrected chi connectivity index (χ3v) is 4.38. The van der Waals surface area contributed by atoms with Gasteiger partial charge in [-0.2, -0.15) is 0 Å². The van der Waals surface area contributed by atoms with E-state index in [0.717, 1.165) is 0 Å². The fourth-order valence-electron chi connectivity index (χ4n) is 2.00. The van der Waals surface area contributed by atoms with Crippen molar-refractivity contribution in [2.24, 2.45) is 0 Å².